The molecule has 1 saturated heterocycles. The molecule has 0 radical (unpaired) electrons. The van der Waals surface area contributed by atoms with Gasteiger partial charge in [-0.15, -0.1) is 0 Å². The van der Waals surface area contributed by atoms with Gasteiger partial charge in [-0.3, -0.25) is 4.90 Å². The number of benzene rings is 1. The molecule has 1 fully saturated rings. The Bertz CT molecular complexity index is 554. The molecule has 1 aromatic carbocycles. The predicted molar refractivity (Wildman–Crippen MR) is 74.2 cm³/mol. The smallest absolute Gasteiger partial charge is 0.138 e. The first kappa shape index (κ1) is 12.6. The second kappa shape index (κ2) is 5.28. The summed E-state index contributed by atoms with van der Waals surface area (Å²) in [5, 5.41) is 4.88. The molecule has 0 saturated carbocycles. The van der Waals surface area contributed by atoms with E-state index in [1.807, 2.05) is 18.2 Å². The van der Waals surface area contributed by atoms with Crippen molar-refractivity contribution in [1.29, 1.82) is 0 Å². The summed E-state index contributed by atoms with van der Waals surface area (Å²) in [6.07, 6.45) is 4.27. The standard InChI is InChI=1S/C13H16ClN5/c14-11-2-1-10(6-18-4-3-12(15)7-18)13(5-11)19-9-16-8-17-19/h1-2,5,8-9,12H,3-4,6-7,15H2/t12-/m0/s1. The van der Waals surface area contributed by atoms with Crippen molar-refractivity contribution in [3.63, 3.8) is 0 Å². The average Bonchev–Trinajstić information content (AvgIpc) is 3.03. The van der Waals surface area contributed by atoms with Crippen LogP contribution in [0.15, 0.2) is 30.9 Å². The molecule has 2 heterocycles. The first-order valence-electron chi connectivity index (χ1n) is 6.34. The van der Waals surface area contributed by atoms with Crippen molar-refractivity contribution < 1.29 is 0 Å². The lowest BCUT2D eigenvalue weighted by Gasteiger charge is -2.17. The molecule has 1 aliphatic heterocycles. The van der Waals surface area contributed by atoms with Gasteiger partial charge in [-0.05, 0) is 24.1 Å². The van der Waals surface area contributed by atoms with Gasteiger partial charge in [-0.1, -0.05) is 17.7 Å². The second-order valence-electron chi connectivity index (χ2n) is 4.90. The van der Waals surface area contributed by atoms with E-state index in [0.29, 0.717) is 11.1 Å². The lowest BCUT2D eigenvalue weighted by Crippen LogP contribution is -2.26. The highest BCUT2D eigenvalue weighted by molar-refractivity contribution is 6.30. The van der Waals surface area contributed by atoms with Crippen LogP contribution in [-0.4, -0.2) is 38.8 Å². The van der Waals surface area contributed by atoms with Crippen LogP contribution in [0.25, 0.3) is 5.69 Å². The fourth-order valence-electron chi connectivity index (χ4n) is 2.46. The van der Waals surface area contributed by atoms with Crippen LogP contribution < -0.4 is 5.73 Å². The number of hydrogen-bond acceptors (Lipinski definition) is 4. The van der Waals surface area contributed by atoms with Gasteiger partial charge >= 0.3 is 0 Å². The zero-order valence-electron chi connectivity index (χ0n) is 10.5. The Morgan fingerprint density at radius 3 is 3.00 bits per heavy atom. The first-order chi connectivity index (χ1) is 9.22. The van der Waals surface area contributed by atoms with Crippen LogP contribution in [0.5, 0.6) is 0 Å². The van der Waals surface area contributed by atoms with Crippen LogP contribution in [-0.2, 0) is 6.54 Å². The van der Waals surface area contributed by atoms with Crippen molar-refractivity contribution in [2.75, 3.05) is 13.1 Å². The fourth-order valence-corrected chi connectivity index (χ4v) is 2.63. The van der Waals surface area contributed by atoms with Crippen LogP contribution in [0.2, 0.25) is 5.02 Å². The number of hydrogen-bond donors (Lipinski definition) is 1. The van der Waals surface area contributed by atoms with E-state index in [0.717, 1.165) is 31.7 Å². The van der Waals surface area contributed by atoms with Gasteiger partial charge in [-0.2, -0.15) is 5.10 Å². The minimum Gasteiger partial charge on any atom is -0.326 e. The number of halogens is 1. The SMILES string of the molecule is N[C@H]1CCN(Cc2ccc(Cl)cc2-n2cncn2)C1. The third-order valence-corrected chi connectivity index (χ3v) is 3.65. The summed E-state index contributed by atoms with van der Waals surface area (Å²) < 4.78 is 1.75. The van der Waals surface area contributed by atoms with E-state index >= 15 is 0 Å². The molecule has 0 amide bonds. The summed E-state index contributed by atoms with van der Waals surface area (Å²) in [6.45, 7) is 2.85. The monoisotopic (exact) mass is 277 g/mol. The van der Waals surface area contributed by atoms with Crippen molar-refractivity contribution in [2.45, 2.75) is 19.0 Å². The van der Waals surface area contributed by atoms with E-state index in [2.05, 4.69) is 15.0 Å². The Balaban J connectivity index is 1.88. The van der Waals surface area contributed by atoms with Crippen LogP contribution >= 0.6 is 11.6 Å². The molecular formula is C13H16ClN5. The van der Waals surface area contributed by atoms with Gasteiger partial charge in [0.1, 0.15) is 12.7 Å². The van der Waals surface area contributed by atoms with E-state index < -0.39 is 0 Å². The Morgan fingerprint density at radius 2 is 2.32 bits per heavy atom. The van der Waals surface area contributed by atoms with Crippen molar-refractivity contribution in [3.8, 4) is 5.69 Å². The van der Waals surface area contributed by atoms with E-state index in [-0.39, 0.29) is 0 Å². The minimum absolute atomic E-state index is 0.294. The van der Waals surface area contributed by atoms with Gasteiger partial charge in [0.15, 0.2) is 0 Å². The zero-order chi connectivity index (χ0) is 13.2. The van der Waals surface area contributed by atoms with Crippen molar-refractivity contribution >= 4 is 11.6 Å². The van der Waals surface area contributed by atoms with E-state index in [1.165, 1.54) is 11.9 Å². The van der Waals surface area contributed by atoms with Gasteiger partial charge in [-0.25, -0.2) is 9.67 Å². The molecule has 0 bridgehead atoms. The van der Waals surface area contributed by atoms with Crippen LogP contribution in [0.3, 0.4) is 0 Å². The van der Waals surface area contributed by atoms with Gasteiger partial charge < -0.3 is 5.73 Å². The molecule has 1 atom stereocenters. The highest BCUT2D eigenvalue weighted by Gasteiger charge is 2.20. The Kier molecular flexibility index (Phi) is 3.50. The van der Waals surface area contributed by atoms with E-state index in [4.69, 9.17) is 17.3 Å². The lowest BCUT2D eigenvalue weighted by atomic mass is 10.1. The maximum atomic E-state index is 6.08. The quantitative estimate of drug-likeness (QED) is 0.923. The lowest BCUT2D eigenvalue weighted by molar-refractivity contribution is 0.326. The third kappa shape index (κ3) is 2.78. The number of likely N-dealkylation sites (tertiary alicyclic amines) is 1. The van der Waals surface area contributed by atoms with Crippen LogP contribution in [0.1, 0.15) is 12.0 Å². The molecule has 1 aliphatic rings. The molecule has 6 heteroatoms. The summed E-state index contributed by atoms with van der Waals surface area (Å²) in [6, 6.07) is 6.17. The maximum absolute atomic E-state index is 6.08. The number of aromatic nitrogens is 3. The molecule has 0 unspecified atom stereocenters. The van der Waals surface area contributed by atoms with E-state index in [9.17, 15) is 0 Å². The van der Waals surface area contributed by atoms with Gasteiger partial charge in [0, 0.05) is 30.7 Å². The number of nitrogens with zero attached hydrogens (tertiary/aromatic N) is 4. The van der Waals surface area contributed by atoms with Gasteiger partial charge in [0.25, 0.3) is 0 Å². The Labute approximate surface area is 117 Å². The highest BCUT2D eigenvalue weighted by Crippen LogP contribution is 2.22. The third-order valence-electron chi connectivity index (χ3n) is 3.42. The first-order valence-corrected chi connectivity index (χ1v) is 6.71. The molecule has 2 aromatic rings. The predicted octanol–water partition coefficient (Wildman–Crippen LogP) is 1.45. The summed E-state index contributed by atoms with van der Waals surface area (Å²) in [7, 11) is 0. The Hall–Kier alpha value is -1.43. The normalized spacial score (nSPS) is 20.0. The molecule has 2 N–H and O–H groups in total. The molecular weight excluding hydrogens is 262 g/mol. The topological polar surface area (TPSA) is 60.0 Å². The molecule has 0 spiro atoms. The summed E-state index contributed by atoms with van der Waals surface area (Å²) in [5.74, 6) is 0. The van der Waals surface area contributed by atoms with Crippen LogP contribution in [0, 0.1) is 0 Å². The van der Waals surface area contributed by atoms with Gasteiger partial charge in [0.2, 0.25) is 0 Å². The highest BCUT2D eigenvalue weighted by atomic mass is 35.5. The average molecular weight is 278 g/mol. The van der Waals surface area contributed by atoms with Gasteiger partial charge in [0.05, 0.1) is 5.69 Å². The van der Waals surface area contributed by atoms with Crippen molar-refractivity contribution in [1.82, 2.24) is 19.7 Å². The maximum Gasteiger partial charge on any atom is 0.138 e. The molecule has 100 valence electrons. The molecule has 3 rings (SSSR count). The number of nitrogens with two attached hydrogens (primary N) is 1. The minimum atomic E-state index is 0.294. The van der Waals surface area contributed by atoms with Crippen molar-refractivity contribution in [3.05, 3.63) is 41.4 Å². The molecule has 19 heavy (non-hydrogen) atoms. The van der Waals surface area contributed by atoms with E-state index in [1.54, 1.807) is 11.0 Å². The zero-order valence-corrected chi connectivity index (χ0v) is 11.3. The van der Waals surface area contributed by atoms with Crippen molar-refractivity contribution in [2.24, 2.45) is 5.73 Å². The fraction of sp³-hybridized carbons (Fsp3) is 0.385. The molecule has 1 aromatic heterocycles. The largest absolute Gasteiger partial charge is 0.326 e. The molecule has 0 aliphatic carbocycles. The summed E-state index contributed by atoms with van der Waals surface area (Å²) in [4.78, 5) is 6.34. The second-order valence-corrected chi connectivity index (χ2v) is 5.33. The number of rotatable bonds is 3. The van der Waals surface area contributed by atoms with Crippen LogP contribution in [0.4, 0.5) is 0 Å². The summed E-state index contributed by atoms with van der Waals surface area (Å²) >= 11 is 6.08. The summed E-state index contributed by atoms with van der Waals surface area (Å²) in [5.41, 5.74) is 8.11. The Morgan fingerprint density at radius 1 is 1.42 bits per heavy atom. The molecule has 5 nitrogen and oxygen atoms in total.